The first kappa shape index (κ1) is 15.1. The van der Waals surface area contributed by atoms with Crippen molar-refractivity contribution in [1.29, 1.82) is 5.26 Å². The lowest BCUT2D eigenvalue weighted by molar-refractivity contribution is 0.256. The zero-order chi connectivity index (χ0) is 13.8. The predicted octanol–water partition coefficient (Wildman–Crippen LogP) is 1.31. The third-order valence-electron chi connectivity index (χ3n) is 2.51. The van der Waals surface area contributed by atoms with Crippen LogP contribution < -0.4 is 4.72 Å². The van der Waals surface area contributed by atoms with E-state index in [0.29, 0.717) is 11.3 Å². The average molecular weight is 288 g/mol. The van der Waals surface area contributed by atoms with Crippen LogP contribution in [0, 0.1) is 17.2 Å². The van der Waals surface area contributed by atoms with Crippen LogP contribution in [-0.4, -0.2) is 26.2 Å². The number of aliphatic hydroxyl groups excluding tert-OH is 1. The summed E-state index contributed by atoms with van der Waals surface area (Å²) in [6.45, 7) is 3.70. The Morgan fingerprint density at radius 1 is 1.50 bits per heavy atom. The highest BCUT2D eigenvalue weighted by Gasteiger charge is 2.23. The predicted molar refractivity (Wildman–Crippen MR) is 69.7 cm³/mol. The van der Waals surface area contributed by atoms with Crippen LogP contribution in [0.15, 0.2) is 16.3 Å². The van der Waals surface area contributed by atoms with Crippen molar-refractivity contribution < 1.29 is 13.5 Å². The maximum Gasteiger partial charge on any atom is 0.250 e. The Morgan fingerprint density at radius 2 is 2.17 bits per heavy atom. The van der Waals surface area contributed by atoms with Crippen LogP contribution in [0.5, 0.6) is 0 Å². The molecule has 1 atom stereocenters. The zero-order valence-electron chi connectivity index (χ0n) is 10.3. The molecule has 0 saturated heterocycles. The van der Waals surface area contributed by atoms with Crippen LogP contribution in [0.4, 0.5) is 0 Å². The van der Waals surface area contributed by atoms with Crippen molar-refractivity contribution >= 4 is 21.4 Å². The van der Waals surface area contributed by atoms with E-state index < -0.39 is 10.0 Å². The SMILES string of the molecule is CC(C)C(CCO)NS(=O)(=O)c1ccc(C#N)s1. The highest BCUT2D eigenvalue weighted by Crippen LogP contribution is 2.22. The molecule has 0 bridgehead atoms. The molecule has 2 N–H and O–H groups in total. The number of hydrogen-bond acceptors (Lipinski definition) is 5. The molecule has 5 nitrogen and oxygen atoms in total. The second-order valence-corrected chi connectivity index (χ2v) is 7.24. The van der Waals surface area contributed by atoms with Gasteiger partial charge >= 0.3 is 0 Å². The minimum absolute atomic E-state index is 0.0702. The summed E-state index contributed by atoms with van der Waals surface area (Å²) in [6.07, 6.45) is 0.368. The van der Waals surface area contributed by atoms with E-state index in [0.717, 1.165) is 11.3 Å². The van der Waals surface area contributed by atoms with Gasteiger partial charge in [0.05, 0.1) is 0 Å². The Labute approximate surface area is 111 Å². The van der Waals surface area contributed by atoms with Gasteiger partial charge in [-0.1, -0.05) is 13.8 Å². The Balaban J connectivity index is 2.90. The summed E-state index contributed by atoms with van der Waals surface area (Å²) >= 11 is 0.938. The van der Waals surface area contributed by atoms with Gasteiger partial charge in [0.15, 0.2) is 0 Å². The average Bonchev–Trinajstić information content (AvgIpc) is 2.77. The van der Waals surface area contributed by atoms with Crippen LogP contribution in [0.2, 0.25) is 0 Å². The number of hydrogen-bond donors (Lipinski definition) is 2. The minimum atomic E-state index is -3.61. The maximum atomic E-state index is 12.1. The van der Waals surface area contributed by atoms with E-state index in [1.54, 1.807) is 0 Å². The molecule has 1 aromatic heterocycles. The Morgan fingerprint density at radius 3 is 2.61 bits per heavy atom. The third-order valence-corrected chi connectivity index (χ3v) is 5.48. The first-order valence-corrected chi connectivity index (χ1v) is 7.83. The van der Waals surface area contributed by atoms with Crippen molar-refractivity contribution in [1.82, 2.24) is 4.72 Å². The molecule has 1 heterocycles. The Hall–Kier alpha value is -0.940. The van der Waals surface area contributed by atoms with Gasteiger partial charge in [-0.2, -0.15) is 5.26 Å². The molecule has 0 spiro atoms. The van der Waals surface area contributed by atoms with E-state index >= 15 is 0 Å². The van der Waals surface area contributed by atoms with Gasteiger partial charge in [-0.05, 0) is 24.5 Å². The lowest BCUT2D eigenvalue weighted by Gasteiger charge is -2.20. The molecule has 0 aliphatic heterocycles. The quantitative estimate of drug-likeness (QED) is 0.825. The summed E-state index contributed by atoms with van der Waals surface area (Å²) in [4.78, 5) is 0.360. The highest BCUT2D eigenvalue weighted by atomic mass is 32.2. The first-order valence-electron chi connectivity index (χ1n) is 5.54. The fourth-order valence-electron chi connectivity index (χ4n) is 1.45. The molecule has 7 heteroatoms. The molecule has 18 heavy (non-hydrogen) atoms. The largest absolute Gasteiger partial charge is 0.396 e. The maximum absolute atomic E-state index is 12.1. The van der Waals surface area contributed by atoms with Crippen LogP contribution >= 0.6 is 11.3 Å². The molecule has 0 aliphatic rings. The number of nitrogens with one attached hydrogen (secondary N) is 1. The summed E-state index contributed by atoms with van der Waals surface area (Å²) < 4.78 is 26.8. The fourth-order valence-corrected chi connectivity index (χ4v) is 3.99. The number of thiophene rings is 1. The van der Waals surface area contributed by atoms with Crippen LogP contribution in [-0.2, 0) is 10.0 Å². The van der Waals surface area contributed by atoms with Crippen molar-refractivity contribution in [3.05, 3.63) is 17.0 Å². The van der Waals surface area contributed by atoms with Crippen LogP contribution in [0.1, 0.15) is 25.1 Å². The molecule has 0 aliphatic carbocycles. The van der Waals surface area contributed by atoms with E-state index in [1.165, 1.54) is 12.1 Å². The molecular weight excluding hydrogens is 272 g/mol. The van der Waals surface area contributed by atoms with Crippen LogP contribution in [0.25, 0.3) is 0 Å². The lowest BCUT2D eigenvalue weighted by Crippen LogP contribution is -2.38. The van der Waals surface area contributed by atoms with E-state index in [4.69, 9.17) is 10.4 Å². The molecule has 1 aromatic rings. The molecule has 1 unspecified atom stereocenters. The summed E-state index contributed by atoms with van der Waals surface area (Å²) in [5.74, 6) is 0.0855. The number of aliphatic hydroxyl groups is 1. The first-order chi connectivity index (χ1) is 8.40. The summed E-state index contributed by atoms with van der Waals surface area (Å²) in [6, 6.07) is 4.49. The zero-order valence-corrected chi connectivity index (χ0v) is 11.9. The van der Waals surface area contributed by atoms with Crippen molar-refractivity contribution in [2.75, 3.05) is 6.61 Å². The molecule has 100 valence electrons. The standard InChI is InChI=1S/C11H16N2O3S2/c1-8(2)10(5-6-14)13-18(15,16)11-4-3-9(7-12)17-11/h3-4,8,10,13-14H,5-6H2,1-2H3. The second kappa shape index (κ2) is 6.29. The van der Waals surface area contributed by atoms with E-state index in [-0.39, 0.29) is 22.8 Å². The van der Waals surface area contributed by atoms with Crippen molar-refractivity contribution in [3.8, 4) is 6.07 Å². The number of sulfonamides is 1. The fraction of sp³-hybridized carbons (Fsp3) is 0.545. The van der Waals surface area contributed by atoms with Crippen molar-refractivity contribution in [2.24, 2.45) is 5.92 Å². The Kier molecular flexibility index (Phi) is 5.28. The van der Waals surface area contributed by atoms with Gasteiger partial charge in [-0.15, -0.1) is 11.3 Å². The van der Waals surface area contributed by atoms with Gasteiger partial charge < -0.3 is 5.11 Å². The molecular formula is C11H16N2O3S2. The highest BCUT2D eigenvalue weighted by molar-refractivity contribution is 7.91. The second-order valence-electron chi connectivity index (χ2n) is 4.21. The molecule has 0 radical (unpaired) electrons. The summed E-state index contributed by atoms with van der Waals surface area (Å²) in [7, 11) is -3.61. The lowest BCUT2D eigenvalue weighted by atomic mass is 10.0. The monoisotopic (exact) mass is 288 g/mol. The normalized spacial score (nSPS) is 13.5. The summed E-state index contributed by atoms with van der Waals surface area (Å²) in [5.41, 5.74) is 0. The van der Waals surface area contributed by atoms with Gasteiger partial charge in [-0.3, -0.25) is 0 Å². The molecule has 0 saturated carbocycles. The molecule has 0 amide bonds. The third kappa shape index (κ3) is 3.78. The Bertz CT molecular complexity index is 529. The van der Waals surface area contributed by atoms with E-state index in [1.807, 2.05) is 19.9 Å². The summed E-state index contributed by atoms with van der Waals surface area (Å²) in [5, 5.41) is 17.6. The van der Waals surface area contributed by atoms with Gasteiger partial charge in [0, 0.05) is 12.6 Å². The molecule has 1 rings (SSSR count). The smallest absolute Gasteiger partial charge is 0.250 e. The van der Waals surface area contributed by atoms with E-state index in [2.05, 4.69) is 4.72 Å². The molecule has 0 aromatic carbocycles. The molecule has 0 fully saturated rings. The van der Waals surface area contributed by atoms with Crippen molar-refractivity contribution in [3.63, 3.8) is 0 Å². The minimum Gasteiger partial charge on any atom is -0.396 e. The van der Waals surface area contributed by atoms with E-state index in [9.17, 15) is 8.42 Å². The van der Waals surface area contributed by atoms with Crippen molar-refractivity contribution in [2.45, 2.75) is 30.5 Å². The number of nitrogens with zero attached hydrogens (tertiary/aromatic N) is 1. The number of nitriles is 1. The van der Waals surface area contributed by atoms with Gasteiger partial charge in [0.1, 0.15) is 15.2 Å². The topological polar surface area (TPSA) is 90.2 Å². The van der Waals surface area contributed by atoms with Gasteiger partial charge in [-0.25, -0.2) is 13.1 Å². The van der Waals surface area contributed by atoms with Crippen LogP contribution in [0.3, 0.4) is 0 Å². The van der Waals surface area contributed by atoms with Gasteiger partial charge in [0.25, 0.3) is 0 Å². The van der Waals surface area contributed by atoms with Gasteiger partial charge in [0.2, 0.25) is 10.0 Å². The number of rotatable bonds is 6.